The quantitative estimate of drug-likeness (QED) is 0.0363. The third-order valence-corrected chi connectivity index (χ3v) is 14.4. The molecule has 0 aliphatic rings. The molecule has 0 spiro atoms. The second kappa shape index (κ2) is 29.3. The predicted molar refractivity (Wildman–Crippen MR) is 375 cm³/mol. The van der Waals surface area contributed by atoms with Crippen LogP contribution in [-0.4, -0.2) is 84.3 Å². The molecule has 18 heteroatoms. The van der Waals surface area contributed by atoms with Gasteiger partial charge in [-0.25, -0.2) is 4.98 Å². The van der Waals surface area contributed by atoms with E-state index in [-0.39, 0.29) is 57.3 Å². The summed E-state index contributed by atoms with van der Waals surface area (Å²) in [5.74, 6) is 1.19. The van der Waals surface area contributed by atoms with E-state index in [9.17, 15) is 39.0 Å². The second-order valence-electron chi connectivity index (χ2n) is 26.3. The number of fused-ring (bicyclic) bond motifs is 4. The number of ketones is 4. The van der Waals surface area contributed by atoms with Gasteiger partial charge in [-0.3, -0.25) is 28.8 Å². The van der Waals surface area contributed by atoms with Gasteiger partial charge in [-0.05, 0) is 170 Å². The molecule has 0 aliphatic heterocycles. The van der Waals surface area contributed by atoms with Crippen molar-refractivity contribution in [1.29, 1.82) is 0 Å². The highest BCUT2D eigenvalue weighted by Crippen LogP contribution is 2.32. The van der Waals surface area contributed by atoms with Crippen LogP contribution < -0.4 is 25.8 Å². The highest BCUT2D eigenvalue weighted by Gasteiger charge is 2.21. The molecule has 0 atom stereocenters. The topological polar surface area (TPSA) is 287 Å². The van der Waals surface area contributed by atoms with Crippen molar-refractivity contribution in [2.45, 2.75) is 83.1 Å². The minimum absolute atomic E-state index is 0.0583. The molecule has 18 nitrogen and oxygen atoms in total. The average Bonchev–Trinajstić information content (AvgIpc) is 2.28. The van der Waals surface area contributed by atoms with Crippen molar-refractivity contribution in [3.8, 4) is 23.0 Å². The average molecular weight is 1260 g/mol. The Kier molecular flexibility index (Phi) is 21.9. The Bertz CT molecular complexity index is 4320. The molecular formula is C75H82N8O10. The Morgan fingerprint density at radius 3 is 1.22 bits per heavy atom. The molecule has 5 heterocycles. The van der Waals surface area contributed by atoms with Crippen LogP contribution in [0.25, 0.3) is 68.0 Å². The summed E-state index contributed by atoms with van der Waals surface area (Å²) in [7, 11) is 3.12. The summed E-state index contributed by atoms with van der Waals surface area (Å²) < 4.78 is 10.2. The number of allylic oxidation sites excluding steroid dienone is 4. The Morgan fingerprint density at radius 2 is 0.817 bits per heavy atom. The number of hydrogen-bond donors (Lipinski definition) is 9. The lowest BCUT2D eigenvalue weighted by molar-refractivity contribution is -0.122. The van der Waals surface area contributed by atoms with Crippen molar-refractivity contribution in [2.24, 2.45) is 21.7 Å². The van der Waals surface area contributed by atoms with Gasteiger partial charge in [-0.15, -0.1) is 0 Å². The molecule has 0 fully saturated rings. The molecule has 5 aromatic heterocycles. The number of nitrogens with zero attached hydrogens (tertiary/aromatic N) is 1. The lowest BCUT2D eigenvalue weighted by Crippen LogP contribution is -2.17. The summed E-state index contributed by atoms with van der Waals surface area (Å²) in [5.41, 5.74) is 13.8. The van der Waals surface area contributed by atoms with Crippen molar-refractivity contribution >= 4 is 120 Å². The maximum atomic E-state index is 12.3. The van der Waals surface area contributed by atoms with Crippen LogP contribution in [0.5, 0.6) is 23.0 Å². The van der Waals surface area contributed by atoms with Gasteiger partial charge in [0.1, 0.15) is 17.1 Å². The molecule has 10 aromatic rings. The molecule has 0 saturated heterocycles. The number of carbonyl (C=O) groups is 6. The van der Waals surface area contributed by atoms with E-state index in [2.05, 4.69) is 35.6 Å². The number of amides is 2. The molecule has 0 saturated carbocycles. The third-order valence-electron chi connectivity index (χ3n) is 14.4. The van der Waals surface area contributed by atoms with Gasteiger partial charge in [0, 0.05) is 117 Å². The van der Waals surface area contributed by atoms with Gasteiger partial charge < -0.3 is 56.0 Å². The monoisotopic (exact) mass is 1250 g/mol. The van der Waals surface area contributed by atoms with Crippen LogP contribution in [0.15, 0.2) is 158 Å². The predicted octanol–water partition coefficient (Wildman–Crippen LogP) is 16.1. The van der Waals surface area contributed by atoms with Crippen LogP contribution in [0.4, 0.5) is 17.1 Å². The standard InChI is InChI=1S/C22H23N3O2.C22H22N2O3.C16H19NO3.C15H18N2O2/c1-22(2,3)20(26)11-9-17-12-15-13-18(8-10-19(15)24-17)25-21(27)14-4-6-16(23)7-5-14;1-22(2,3)20(26)11-7-16-12-15-13-17(6-10-19(15)23-16)24-21(27)14-4-8-18(25)9-5-14;1-16(2,3)15(19)6-5-11-7-10-8-14(20-4)13(18)9-12(10)17-11;1-15(2,3)13(18)6-5-11-7-10-8-12(19-4)9-16-14(10)17-11/h4-13,24H,23H2,1-3H3,(H,25,27);4-13,23,25H,1-3H3,(H,24,27);5-9,17-18H,1-4H3;5-9H,1-4H3,(H,16,17)/b11-9+;11-7+;2*6-5+. The van der Waals surface area contributed by atoms with E-state index >= 15 is 0 Å². The van der Waals surface area contributed by atoms with E-state index in [4.69, 9.17) is 15.2 Å². The summed E-state index contributed by atoms with van der Waals surface area (Å²) >= 11 is 0. The van der Waals surface area contributed by atoms with Crippen LogP contribution in [0.1, 0.15) is 127 Å². The maximum absolute atomic E-state index is 12.3. The van der Waals surface area contributed by atoms with Gasteiger partial charge >= 0.3 is 0 Å². The first kappa shape index (κ1) is 69.5. The lowest BCUT2D eigenvalue weighted by atomic mass is 9.90. The molecule has 0 unspecified atom stereocenters. The SMILES string of the molecule is CC(C)(C)C(=O)/C=C/c1cc2cc(NC(=O)c3ccc(N)cc3)ccc2[nH]1.CC(C)(C)C(=O)/C=C/c1cc2cc(NC(=O)c3ccc(O)cc3)ccc2[nH]1.COc1cc2cc(/C=C/C(=O)C(C)(C)C)[nH]c2cc1O.COc1cnc2[nH]c(/C=C/C(=O)C(C)(C)C)cc2c1. The smallest absolute Gasteiger partial charge is 0.255 e. The van der Waals surface area contributed by atoms with Crippen LogP contribution in [0.3, 0.4) is 0 Å². The minimum atomic E-state index is -0.409. The van der Waals surface area contributed by atoms with Crippen LogP contribution in [0, 0.1) is 21.7 Å². The van der Waals surface area contributed by atoms with Crippen molar-refractivity contribution in [1.82, 2.24) is 24.9 Å². The maximum Gasteiger partial charge on any atom is 0.255 e. The zero-order valence-corrected chi connectivity index (χ0v) is 55.0. The Morgan fingerprint density at radius 1 is 0.441 bits per heavy atom. The highest BCUT2D eigenvalue weighted by atomic mass is 16.5. The molecule has 0 radical (unpaired) electrons. The minimum Gasteiger partial charge on any atom is -0.508 e. The van der Waals surface area contributed by atoms with Crippen LogP contribution in [-0.2, 0) is 19.2 Å². The third kappa shape index (κ3) is 19.7. The van der Waals surface area contributed by atoms with Gasteiger partial charge in [0.05, 0.1) is 20.4 Å². The van der Waals surface area contributed by atoms with E-state index in [0.717, 1.165) is 66.5 Å². The number of aromatic amines is 4. The first-order valence-electron chi connectivity index (χ1n) is 30.0. The number of pyridine rings is 1. The summed E-state index contributed by atoms with van der Waals surface area (Å²) in [5, 5.41) is 28.5. The van der Waals surface area contributed by atoms with Gasteiger partial charge in [0.15, 0.2) is 34.6 Å². The molecule has 0 bridgehead atoms. The fourth-order valence-electron chi connectivity index (χ4n) is 8.60. The summed E-state index contributed by atoms with van der Waals surface area (Å²) in [6.07, 6.45) is 15.1. The Balaban J connectivity index is 0.000000178. The van der Waals surface area contributed by atoms with Crippen LogP contribution in [0.2, 0.25) is 0 Å². The number of hydrogen-bond acceptors (Lipinski definition) is 12. The molecule has 0 aliphatic carbocycles. The van der Waals surface area contributed by atoms with Crippen molar-refractivity contribution in [3.05, 3.63) is 192 Å². The number of aromatic hydroxyl groups is 2. The number of nitrogens with two attached hydrogens (primary N) is 1. The van der Waals surface area contributed by atoms with Gasteiger partial charge in [0.2, 0.25) is 0 Å². The first-order chi connectivity index (χ1) is 43.6. The van der Waals surface area contributed by atoms with Crippen molar-refractivity contribution in [2.75, 3.05) is 30.6 Å². The molecule has 93 heavy (non-hydrogen) atoms. The van der Waals surface area contributed by atoms with E-state index in [0.29, 0.717) is 39.7 Å². The van der Waals surface area contributed by atoms with Gasteiger partial charge in [0.25, 0.3) is 11.8 Å². The normalized spacial score (nSPS) is 12.0. The number of methoxy groups -OCH3 is 2. The second-order valence-corrected chi connectivity index (χ2v) is 26.3. The number of H-pyrrole nitrogens is 4. The Labute approximate surface area is 541 Å². The highest BCUT2D eigenvalue weighted by molar-refractivity contribution is 6.07. The first-order valence-corrected chi connectivity index (χ1v) is 30.0. The lowest BCUT2D eigenvalue weighted by Gasteiger charge is -2.12. The number of anilines is 3. The van der Waals surface area contributed by atoms with Gasteiger partial charge in [-0.1, -0.05) is 83.1 Å². The zero-order chi connectivity index (χ0) is 68.2. The number of ether oxygens (including phenoxy) is 2. The number of rotatable bonds is 14. The number of benzene rings is 5. The number of aromatic nitrogens is 5. The van der Waals surface area contributed by atoms with Crippen molar-refractivity contribution in [3.63, 3.8) is 0 Å². The summed E-state index contributed by atoms with van der Waals surface area (Å²) in [4.78, 5) is 89.4. The number of nitrogens with one attached hydrogen (secondary N) is 6. The molecule has 482 valence electrons. The van der Waals surface area contributed by atoms with E-state index in [1.165, 1.54) is 19.2 Å². The Hall–Kier alpha value is -11.0. The molecular weight excluding hydrogens is 1170 g/mol. The summed E-state index contributed by atoms with van der Waals surface area (Å²) in [6, 6.07) is 37.0. The van der Waals surface area contributed by atoms with E-state index < -0.39 is 10.8 Å². The zero-order valence-electron chi connectivity index (χ0n) is 55.0. The fourth-order valence-corrected chi connectivity index (χ4v) is 8.60. The van der Waals surface area contributed by atoms with E-state index in [1.54, 1.807) is 110 Å². The fraction of sp³-hybridized carbons (Fsp3) is 0.240. The summed E-state index contributed by atoms with van der Waals surface area (Å²) in [6.45, 7) is 22.7. The molecule has 10 rings (SSSR count). The molecule has 2 amide bonds. The number of nitrogen functional groups attached to an aromatic ring is 1. The number of phenolic OH excluding ortho intramolecular Hbond substituents is 2. The molecule has 10 N–H and O–H groups in total. The van der Waals surface area contributed by atoms with Crippen molar-refractivity contribution < 1.29 is 48.5 Å². The van der Waals surface area contributed by atoms with E-state index in [1.807, 2.05) is 150 Å². The molecule has 5 aromatic carbocycles. The largest absolute Gasteiger partial charge is 0.508 e. The van der Waals surface area contributed by atoms with Crippen LogP contribution >= 0.6 is 0 Å². The number of carbonyl (C=O) groups excluding carboxylic acids is 6. The van der Waals surface area contributed by atoms with Gasteiger partial charge in [-0.2, -0.15) is 0 Å². The number of phenols is 2.